The molecule has 1 heterocycles. The molecule has 5 heteroatoms. The Morgan fingerprint density at radius 1 is 1.17 bits per heavy atom. The predicted octanol–water partition coefficient (Wildman–Crippen LogP) is 5.28. The smallest absolute Gasteiger partial charge is 0.244 e. The first kappa shape index (κ1) is 21.7. The molecule has 3 rings (SSSR count). The second-order valence-electron chi connectivity index (χ2n) is 7.71. The zero-order valence-corrected chi connectivity index (χ0v) is 18.5. The second kappa shape index (κ2) is 9.18. The van der Waals surface area contributed by atoms with Gasteiger partial charge in [-0.1, -0.05) is 23.8 Å². The average Bonchev–Trinajstić information content (AvgIpc) is 3.09. The molecule has 0 saturated carbocycles. The summed E-state index contributed by atoms with van der Waals surface area (Å²) < 4.78 is 16.5. The molecule has 1 aromatic heterocycles. The van der Waals surface area contributed by atoms with Crippen LogP contribution in [0.3, 0.4) is 0 Å². The summed E-state index contributed by atoms with van der Waals surface area (Å²) in [4.78, 5) is 12.4. The fourth-order valence-corrected chi connectivity index (χ4v) is 3.71. The summed E-state index contributed by atoms with van der Waals surface area (Å²) in [6.45, 7) is 8.45. The largest absolute Gasteiger partial charge is 0.496 e. The topological polar surface area (TPSA) is 60.7 Å². The van der Waals surface area contributed by atoms with Gasteiger partial charge in [0.2, 0.25) is 5.91 Å². The quantitative estimate of drug-likeness (QED) is 0.541. The monoisotopic (exact) mass is 407 g/mol. The number of hydrogen-bond acceptors (Lipinski definition) is 4. The molecule has 0 aliphatic heterocycles. The molecule has 5 nitrogen and oxygen atoms in total. The van der Waals surface area contributed by atoms with Crippen LogP contribution in [0, 0.1) is 13.8 Å². The van der Waals surface area contributed by atoms with Crippen molar-refractivity contribution in [2.75, 3.05) is 20.8 Å². The first-order chi connectivity index (χ1) is 14.3. The summed E-state index contributed by atoms with van der Waals surface area (Å²) in [6.07, 6.45) is 3.37. The van der Waals surface area contributed by atoms with E-state index in [-0.39, 0.29) is 11.9 Å². The van der Waals surface area contributed by atoms with Crippen LogP contribution >= 0.6 is 0 Å². The molecular formula is C25H29NO4. The molecule has 2 aromatic carbocycles. The molecule has 3 aromatic rings. The van der Waals surface area contributed by atoms with Crippen LogP contribution in [0.5, 0.6) is 5.75 Å². The van der Waals surface area contributed by atoms with Crippen molar-refractivity contribution < 1.29 is 18.7 Å². The van der Waals surface area contributed by atoms with E-state index in [0.29, 0.717) is 12.4 Å². The van der Waals surface area contributed by atoms with Crippen molar-refractivity contribution in [1.82, 2.24) is 5.32 Å². The number of rotatable bonds is 7. The number of nitrogens with one attached hydrogen (secondary N) is 1. The zero-order chi connectivity index (χ0) is 21.8. The highest BCUT2D eigenvalue weighted by atomic mass is 16.5. The van der Waals surface area contributed by atoms with Gasteiger partial charge in [-0.2, -0.15) is 0 Å². The third kappa shape index (κ3) is 4.57. The molecule has 30 heavy (non-hydrogen) atoms. The van der Waals surface area contributed by atoms with Crippen LogP contribution in [0.4, 0.5) is 0 Å². The lowest BCUT2D eigenvalue weighted by Gasteiger charge is -2.13. The maximum atomic E-state index is 12.4. The molecule has 0 bridgehead atoms. The van der Waals surface area contributed by atoms with Crippen molar-refractivity contribution in [1.29, 1.82) is 0 Å². The number of carbonyl (C=O) groups excluding carboxylic acids is 1. The molecule has 1 unspecified atom stereocenters. The number of hydrogen-bond donors (Lipinski definition) is 1. The minimum absolute atomic E-state index is 0.0686. The van der Waals surface area contributed by atoms with Crippen molar-refractivity contribution in [3.63, 3.8) is 0 Å². The van der Waals surface area contributed by atoms with Crippen molar-refractivity contribution in [2.24, 2.45) is 0 Å². The number of methoxy groups -OCH3 is 2. The Morgan fingerprint density at radius 3 is 2.60 bits per heavy atom. The number of fused-ring (bicyclic) bond motifs is 1. The number of benzene rings is 2. The molecule has 1 atom stereocenters. The van der Waals surface area contributed by atoms with Crippen molar-refractivity contribution in [2.45, 2.75) is 33.7 Å². The normalized spacial score (nSPS) is 12.8. The summed E-state index contributed by atoms with van der Waals surface area (Å²) in [5, 5.41) is 3.89. The van der Waals surface area contributed by atoms with Gasteiger partial charge in [0.1, 0.15) is 11.3 Å². The van der Waals surface area contributed by atoms with Crippen LogP contribution in [-0.2, 0) is 9.53 Å². The third-order valence-electron chi connectivity index (χ3n) is 5.15. The number of aryl methyl sites for hydroxylation is 2. The third-order valence-corrected chi connectivity index (χ3v) is 5.15. The molecule has 158 valence electrons. The summed E-state index contributed by atoms with van der Waals surface area (Å²) in [7, 11) is 3.23. The van der Waals surface area contributed by atoms with E-state index < -0.39 is 0 Å². The van der Waals surface area contributed by atoms with Crippen LogP contribution in [0.15, 0.2) is 47.1 Å². The van der Waals surface area contributed by atoms with Crippen molar-refractivity contribution >= 4 is 22.4 Å². The average molecular weight is 408 g/mol. The van der Waals surface area contributed by atoms with Gasteiger partial charge in [-0.05, 0) is 50.5 Å². The Hall–Kier alpha value is -3.05. The van der Waals surface area contributed by atoms with Crippen LogP contribution in [0.25, 0.3) is 27.7 Å². The van der Waals surface area contributed by atoms with Gasteiger partial charge < -0.3 is 19.2 Å². The minimum Gasteiger partial charge on any atom is -0.496 e. The Labute approximate surface area is 177 Å². The van der Waals surface area contributed by atoms with Gasteiger partial charge in [0.15, 0.2) is 0 Å². The lowest BCUT2D eigenvalue weighted by Crippen LogP contribution is -2.34. The van der Waals surface area contributed by atoms with E-state index in [1.54, 1.807) is 26.6 Å². The standard InChI is InChI=1S/C25H29NO4/c1-15-7-8-19(16(2)9-15)22-14-30-24-12-23(29-6)20(11-21(22)24)17(3)10-25(27)26-18(4)13-28-5/h7-12,14,18H,13H2,1-6H3,(H,26,27)/b17-10+. The fourth-order valence-electron chi connectivity index (χ4n) is 3.71. The second-order valence-corrected chi connectivity index (χ2v) is 7.71. The van der Waals surface area contributed by atoms with Crippen LogP contribution in [0.2, 0.25) is 0 Å². The first-order valence-electron chi connectivity index (χ1n) is 9.99. The fraction of sp³-hybridized carbons (Fsp3) is 0.320. The van der Waals surface area contributed by atoms with Gasteiger partial charge in [0.25, 0.3) is 0 Å². The summed E-state index contributed by atoms with van der Waals surface area (Å²) in [6, 6.07) is 10.2. The van der Waals surface area contributed by atoms with Crippen LogP contribution < -0.4 is 10.1 Å². The molecule has 0 fully saturated rings. The summed E-state index contributed by atoms with van der Waals surface area (Å²) in [5.41, 5.74) is 6.97. The maximum Gasteiger partial charge on any atom is 0.244 e. The molecule has 0 saturated heterocycles. The Kier molecular flexibility index (Phi) is 6.63. The highest BCUT2D eigenvalue weighted by Crippen LogP contribution is 2.38. The highest BCUT2D eigenvalue weighted by molar-refractivity contribution is 6.00. The number of ether oxygens (including phenoxy) is 2. The van der Waals surface area contributed by atoms with E-state index in [1.165, 1.54) is 11.1 Å². The number of furan rings is 1. The van der Waals surface area contributed by atoms with Crippen molar-refractivity contribution in [3.8, 4) is 16.9 Å². The van der Waals surface area contributed by atoms with Crippen molar-refractivity contribution in [3.05, 3.63) is 59.4 Å². The Bertz CT molecular complexity index is 1090. The summed E-state index contributed by atoms with van der Waals surface area (Å²) in [5.74, 6) is 0.497. The molecular weight excluding hydrogens is 378 g/mol. The predicted molar refractivity (Wildman–Crippen MR) is 121 cm³/mol. The number of amides is 1. The van der Waals surface area contributed by atoms with E-state index in [9.17, 15) is 4.79 Å². The Balaban J connectivity index is 2.04. The lowest BCUT2D eigenvalue weighted by molar-refractivity contribution is -0.117. The molecule has 0 aliphatic carbocycles. The molecule has 0 spiro atoms. The van der Waals surface area contributed by atoms with Gasteiger partial charge in [-0.3, -0.25) is 4.79 Å². The minimum atomic E-state index is -0.166. The Morgan fingerprint density at radius 2 is 1.93 bits per heavy atom. The molecule has 0 radical (unpaired) electrons. The van der Waals surface area contributed by atoms with E-state index >= 15 is 0 Å². The van der Waals surface area contributed by atoms with E-state index in [0.717, 1.165) is 33.2 Å². The van der Waals surface area contributed by atoms with E-state index in [1.807, 2.05) is 26.0 Å². The maximum absolute atomic E-state index is 12.4. The van der Waals surface area contributed by atoms with Crippen LogP contribution in [0.1, 0.15) is 30.5 Å². The van der Waals surface area contributed by atoms with Gasteiger partial charge in [-0.15, -0.1) is 0 Å². The lowest BCUT2D eigenvalue weighted by atomic mass is 9.96. The number of allylic oxidation sites excluding steroid dienone is 1. The van der Waals surface area contributed by atoms with E-state index in [2.05, 4.69) is 37.4 Å². The van der Waals surface area contributed by atoms with Gasteiger partial charge in [0.05, 0.1) is 20.0 Å². The van der Waals surface area contributed by atoms with E-state index in [4.69, 9.17) is 13.9 Å². The summed E-state index contributed by atoms with van der Waals surface area (Å²) >= 11 is 0. The number of carbonyl (C=O) groups is 1. The SMILES string of the molecule is COCC(C)NC(=O)/C=C(\C)c1cc2c(-c3ccc(C)cc3C)coc2cc1OC. The molecule has 0 aliphatic rings. The van der Waals surface area contributed by atoms with Gasteiger partial charge in [-0.25, -0.2) is 0 Å². The first-order valence-corrected chi connectivity index (χ1v) is 9.99. The molecule has 1 amide bonds. The van der Waals surface area contributed by atoms with Gasteiger partial charge >= 0.3 is 0 Å². The van der Waals surface area contributed by atoms with Gasteiger partial charge in [0, 0.05) is 41.8 Å². The highest BCUT2D eigenvalue weighted by Gasteiger charge is 2.16. The molecule has 1 N–H and O–H groups in total. The zero-order valence-electron chi connectivity index (χ0n) is 18.5. The van der Waals surface area contributed by atoms with Crippen LogP contribution in [-0.4, -0.2) is 32.8 Å².